The molecule has 3 amide bonds. The highest BCUT2D eigenvalue weighted by molar-refractivity contribution is 6.04. The summed E-state index contributed by atoms with van der Waals surface area (Å²) >= 11 is 0. The van der Waals surface area contributed by atoms with Crippen molar-refractivity contribution in [3.8, 4) is 11.5 Å². The number of aliphatic hydroxyl groups excluding tert-OH is 1. The molecular weight excluding hydrogens is 526 g/mol. The normalized spacial score (nSPS) is 17.8. The number of aliphatic hydroxyl groups is 1. The lowest BCUT2D eigenvalue weighted by atomic mass is 9.99. The summed E-state index contributed by atoms with van der Waals surface area (Å²) < 4.78 is 17.0. The van der Waals surface area contributed by atoms with Crippen molar-refractivity contribution in [3.05, 3.63) is 65.0 Å². The van der Waals surface area contributed by atoms with E-state index in [1.165, 1.54) is 0 Å². The monoisotopic (exact) mass is 565 g/mol. The third kappa shape index (κ3) is 6.98. The zero-order chi connectivity index (χ0) is 29.7. The smallest absolute Gasteiger partial charge is 0.323 e. The Morgan fingerprint density at radius 2 is 1.95 bits per heavy atom. The summed E-state index contributed by atoms with van der Waals surface area (Å²) in [4.78, 5) is 30.5. The van der Waals surface area contributed by atoms with Crippen LogP contribution >= 0.6 is 0 Å². The van der Waals surface area contributed by atoms with Crippen LogP contribution in [0.25, 0.3) is 0 Å². The second kappa shape index (κ2) is 13.0. The average molecular weight is 566 g/mol. The zero-order valence-electron chi connectivity index (χ0n) is 24.4. The number of nitrogens with one attached hydrogen (secondary N) is 2. The SMILES string of the molecule is COc1ccc(CN(C)C[C@H]2Oc3c(NC(=O)Nc4c(C)noc4C)cccc3C(=O)N([C@H](C)CO)C[C@@H]2C)cc1. The minimum absolute atomic E-state index is 0.0800. The number of nitrogens with zero attached hydrogens (tertiary/aromatic N) is 3. The molecule has 3 N–H and O–H groups in total. The topological polar surface area (TPSA) is 129 Å². The third-order valence-corrected chi connectivity index (χ3v) is 7.31. The number of benzene rings is 2. The Bertz CT molecular complexity index is 1340. The minimum atomic E-state index is -0.521. The molecule has 0 fully saturated rings. The summed E-state index contributed by atoms with van der Waals surface area (Å²) in [5.74, 6) is 1.22. The molecule has 0 aliphatic carbocycles. The van der Waals surface area contributed by atoms with Crippen molar-refractivity contribution < 1.29 is 28.7 Å². The molecule has 1 aliphatic rings. The second-order valence-electron chi connectivity index (χ2n) is 10.6. The van der Waals surface area contributed by atoms with E-state index in [9.17, 15) is 14.7 Å². The summed E-state index contributed by atoms with van der Waals surface area (Å²) in [7, 11) is 3.65. The van der Waals surface area contributed by atoms with Gasteiger partial charge in [0.15, 0.2) is 11.5 Å². The number of amides is 3. The summed E-state index contributed by atoms with van der Waals surface area (Å²) in [5, 5.41) is 19.4. The summed E-state index contributed by atoms with van der Waals surface area (Å²) in [5.41, 5.74) is 2.82. The standard InChI is InChI=1S/C30H39N5O6/c1-18-14-35(19(2)17-36)29(37)24-8-7-9-25(31-30(38)32-27-20(3)33-41-21(27)4)28(24)40-26(18)16-34(5)15-22-10-12-23(39-6)13-11-22/h7-13,18-19,26,36H,14-17H2,1-6H3,(H2,31,32,38)/t18-,19+,26+/m0/s1. The van der Waals surface area contributed by atoms with Crippen molar-refractivity contribution in [3.63, 3.8) is 0 Å². The Morgan fingerprint density at radius 3 is 2.59 bits per heavy atom. The van der Waals surface area contributed by atoms with Crippen molar-refractivity contribution in [2.45, 2.75) is 46.4 Å². The number of para-hydroxylation sites is 1. The summed E-state index contributed by atoms with van der Waals surface area (Å²) in [6.45, 7) is 8.76. The maximum atomic E-state index is 13.7. The van der Waals surface area contributed by atoms with Gasteiger partial charge < -0.3 is 34.6 Å². The number of hydrogen-bond donors (Lipinski definition) is 3. The molecule has 220 valence electrons. The first-order chi connectivity index (χ1) is 19.6. The maximum absolute atomic E-state index is 13.7. The highest BCUT2D eigenvalue weighted by Crippen LogP contribution is 2.35. The van der Waals surface area contributed by atoms with E-state index in [2.05, 4.69) is 20.7 Å². The number of carbonyl (C=O) groups excluding carboxylic acids is 2. The number of hydrogen-bond acceptors (Lipinski definition) is 8. The lowest BCUT2D eigenvalue weighted by Gasteiger charge is -2.38. The van der Waals surface area contributed by atoms with Crippen LogP contribution in [-0.4, -0.2) is 78.0 Å². The molecule has 1 aliphatic heterocycles. The molecule has 0 saturated heterocycles. The van der Waals surface area contributed by atoms with Gasteiger partial charge in [-0.2, -0.15) is 0 Å². The molecule has 4 rings (SSSR count). The number of aryl methyl sites for hydroxylation is 2. The molecule has 11 nitrogen and oxygen atoms in total. The predicted molar refractivity (Wildman–Crippen MR) is 156 cm³/mol. The van der Waals surface area contributed by atoms with Gasteiger partial charge in [0, 0.05) is 25.6 Å². The summed E-state index contributed by atoms with van der Waals surface area (Å²) in [6.07, 6.45) is -0.327. The van der Waals surface area contributed by atoms with Crippen LogP contribution in [0.3, 0.4) is 0 Å². The van der Waals surface area contributed by atoms with Gasteiger partial charge in [0.2, 0.25) is 0 Å². The molecule has 3 aromatic rings. The molecule has 1 aromatic heterocycles. The number of methoxy groups -OCH3 is 1. The number of anilines is 2. The lowest BCUT2D eigenvalue weighted by molar-refractivity contribution is 0.0343. The number of carbonyl (C=O) groups is 2. The number of fused-ring (bicyclic) bond motifs is 1. The van der Waals surface area contributed by atoms with E-state index in [1.807, 2.05) is 45.2 Å². The fourth-order valence-electron chi connectivity index (χ4n) is 4.90. The predicted octanol–water partition coefficient (Wildman–Crippen LogP) is 4.30. The van der Waals surface area contributed by atoms with Gasteiger partial charge in [-0.3, -0.25) is 9.69 Å². The minimum Gasteiger partial charge on any atom is -0.497 e. The van der Waals surface area contributed by atoms with Gasteiger partial charge in [-0.15, -0.1) is 0 Å². The largest absolute Gasteiger partial charge is 0.497 e. The highest BCUT2D eigenvalue weighted by atomic mass is 16.5. The summed E-state index contributed by atoms with van der Waals surface area (Å²) in [6, 6.07) is 12.1. The molecule has 0 spiro atoms. The fraction of sp³-hybridized carbons (Fsp3) is 0.433. The van der Waals surface area contributed by atoms with Crippen LogP contribution in [0.2, 0.25) is 0 Å². The molecule has 0 unspecified atom stereocenters. The van der Waals surface area contributed by atoms with Crippen molar-refractivity contribution in [1.82, 2.24) is 15.0 Å². The number of rotatable bonds is 9. The Balaban J connectivity index is 1.62. The lowest BCUT2D eigenvalue weighted by Crippen LogP contribution is -2.49. The van der Waals surface area contributed by atoms with Crippen LogP contribution in [-0.2, 0) is 6.54 Å². The van der Waals surface area contributed by atoms with Crippen molar-refractivity contribution in [2.75, 3.05) is 44.5 Å². The maximum Gasteiger partial charge on any atom is 0.323 e. The molecule has 11 heteroatoms. The van der Waals surface area contributed by atoms with E-state index in [0.717, 1.165) is 11.3 Å². The van der Waals surface area contributed by atoms with Crippen LogP contribution in [0.1, 0.15) is 41.2 Å². The van der Waals surface area contributed by atoms with Gasteiger partial charge >= 0.3 is 6.03 Å². The zero-order valence-corrected chi connectivity index (χ0v) is 24.4. The van der Waals surface area contributed by atoms with E-state index < -0.39 is 12.1 Å². The van der Waals surface area contributed by atoms with Crippen molar-refractivity contribution in [2.24, 2.45) is 5.92 Å². The van der Waals surface area contributed by atoms with Gasteiger partial charge in [0.1, 0.15) is 23.2 Å². The Labute approximate surface area is 240 Å². The first-order valence-corrected chi connectivity index (χ1v) is 13.6. The Morgan fingerprint density at radius 1 is 1.22 bits per heavy atom. The second-order valence-corrected chi connectivity index (χ2v) is 10.6. The van der Waals surface area contributed by atoms with Gasteiger partial charge in [-0.05, 0) is 57.6 Å². The van der Waals surface area contributed by atoms with Gasteiger partial charge in [-0.1, -0.05) is 30.3 Å². The molecule has 0 bridgehead atoms. The van der Waals surface area contributed by atoms with E-state index >= 15 is 0 Å². The van der Waals surface area contributed by atoms with Crippen molar-refractivity contribution >= 4 is 23.3 Å². The van der Waals surface area contributed by atoms with E-state index in [-0.39, 0.29) is 30.3 Å². The number of likely N-dealkylation sites (N-methyl/N-ethyl adjacent to an activating group) is 1. The van der Waals surface area contributed by atoms with Crippen LogP contribution < -0.4 is 20.1 Å². The number of ether oxygens (including phenoxy) is 2. The number of aromatic nitrogens is 1. The first-order valence-electron chi connectivity index (χ1n) is 13.6. The first kappa shape index (κ1) is 29.9. The molecule has 0 saturated carbocycles. The van der Waals surface area contributed by atoms with Crippen LogP contribution in [0.15, 0.2) is 47.0 Å². The molecule has 2 heterocycles. The third-order valence-electron chi connectivity index (χ3n) is 7.31. The molecule has 0 radical (unpaired) electrons. The Kier molecular flexibility index (Phi) is 9.51. The quantitative estimate of drug-likeness (QED) is 0.350. The van der Waals surface area contributed by atoms with E-state index in [1.54, 1.807) is 44.1 Å². The van der Waals surface area contributed by atoms with Crippen LogP contribution in [0.4, 0.5) is 16.2 Å². The molecule has 2 aromatic carbocycles. The van der Waals surface area contributed by atoms with E-state index in [4.69, 9.17) is 14.0 Å². The van der Waals surface area contributed by atoms with Crippen molar-refractivity contribution in [1.29, 1.82) is 0 Å². The average Bonchev–Trinajstić information content (AvgIpc) is 3.27. The molecule has 41 heavy (non-hydrogen) atoms. The fourth-order valence-corrected chi connectivity index (χ4v) is 4.90. The van der Waals surface area contributed by atoms with Crippen LogP contribution in [0, 0.1) is 19.8 Å². The van der Waals surface area contributed by atoms with Gasteiger partial charge in [-0.25, -0.2) is 4.79 Å². The molecule has 3 atom stereocenters. The number of urea groups is 1. The van der Waals surface area contributed by atoms with Gasteiger partial charge in [0.05, 0.1) is 31.0 Å². The van der Waals surface area contributed by atoms with Gasteiger partial charge in [0.25, 0.3) is 5.91 Å². The van der Waals surface area contributed by atoms with Crippen LogP contribution in [0.5, 0.6) is 11.5 Å². The highest BCUT2D eigenvalue weighted by Gasteiger charge is 2.34. The Hall–Kier alpha value is -4.09. The molecular formula is C30H39N5O6. The van der Waals surface area contributed by atoms with E-state index in [0.29, 0.717) is 48.0 Å².